The van der Waals surface area contributed by atoms with Crippen LogP contribution in [0.25, 0.3) is 0 Å². The molecular weight excluding hydrogens is 733 g/mol. The molecule has 8 heteroatoms. The SMILES string of the molecule is CCCCCCCCCCCCOc1ccc(N=Nc2ccc(OCCCOc3ccc(N=Nc4ccc(OCCCCCCCCCCCC)cc4)cc3)cc2)cc1. The van der Waals surface area contributed by atoms with Gasteiger partial charge in [0.25, 0.3) is 0 Å². The largest absolute Gasteiger partial charge is 0.494 e. The highest BCUT2D eigenvalue weighted by Gasteiger charge is 2.01. The maximum Gasteiger partial charge on any atom is 0.119 e. The molecule has 0 atom stereocenters. The van der Waals surface area contributed by atoms with E-state index in [1.807, 2.05) is 97.1 Å². The number of benzene rings is 4. The molecule has 4 rings (SSSR count). The minimum absolute atomic E-state index is 0.546. The predicted molar refractivity (Wildman–Crippen MR) is 244 cm³/mol. The maximum absolute atomic E-state index is 5.93. The summed E-state index contributed by atoms with van der Waals surface area (Å²) < 4.78 is 23.7. The number of nitrogens with zero attached hydrogens (tertiary/aromatic N) is 4. The van der Waals surface area contributed by atoms with Gasteiger partial charge in [0.1, 0.15) is 23.0 Å². The predicted octanol–water partition coefficient (Wildman–Crippen LogP) is 17.0. The van der Waals surface area contributed by atoms with Gasteiger partial charge < -0.3 is 18.9 Å². The lowest BCUT2D eigenvalue weighted by atomic mass is 10.1. The Morgan fingerprint density at radius 3 is 0.695 bits per heavy atom. The van der Waals surface area contributed by atoms with Crippen LogP contribution in [0.15, 0.2) is 118 Å². The van der Waals surface area contributed by atoms with Gasteiger partial charge in [-0.3, -0.25) is 0 Å². The van der Waals surface area contributed by atoms with Crippen molar-refractivity contribution in [3.05, 3.63) is 97.1 Å². The minimum atomic E-state index is 0.546. The molecule has 0 N–H and O–H groups in total. The number of unbranched alkanes of at least 4 members (excludes halogenated alkanes) is 18. The van der Waals surface area contributed by atoms with Crippen molar-refractivity contribution in [3.63, 3.8) is 0 Å². The van der Waals surface area contributed by atoms with Gasteiger partial charge in [0.15, 0.2) is 0 Å². The van der Waals surface area contributed by atoms with E-state index in [1.54, 1.807) is 0 Å². The summed E-state index contributed by atoms with van der Waals surface area (Å²) in [6.07, 6.45) is 27.2. The van der Waals surface area contributed by atoms with E-state index in [0.29, 0.717) is 13.2 Å². The molecule has 0 spiro atoms. The third kappa shape index (κ3) is 22.3. The summed E-state index contributed by atoms with van der Waals surface area (Å²) in [4.78, 5) is 0. The number of rotatable bonds is 34. The van der Waals surface area contributed by atoms with Crippen LogP contribution in [0.1, 0.15) is 149 Å². The third-order valence-electron chi connectivity index (χ3n) is 10.3. The fourth-order valence-electron chi connectivity index (χ4n) is 6.67. The summed E-state index contributed by atoms with van der Waals surface area (Å²) in [5.41, 5.74) is 3.11. The first-order valence-electron chi connectivity index (χ1n) is 23.0. The van der Waals surface area contributed by atoms with Crippen molar-refractivity contribution in [1.29, 1.82) is 0 Å². The molecule has 0 fully saturated rings. The van der Waals surface area contributed by atoms with Gasteiger partial charge in [0.2, 0.25) is 0 Å². The molecule has 0 unspecified atom stereocenters. The highest BCUT2D eigenvalue weighted by Crippen LogP contribution is 2.25. The molecule has 4 aromatic rings. The Kier molecular flexibility index (Phi) is 24.9. The fraction of sp³-hybridized carbons (Fsp3) is 0.529. The molecule has 0 aliphatic carbocycles. The minimum Gasteiger partial charge on any atom is -0.494 e. The zero-order valence-corrected chi connectivity index (χ0v) is 36.3. The van der Waals surface area contributed by atoms with Crippen LogP contribution < -0.4 is 18.9 Å². The summed E-state index contributed by atoms with van der Waals surface area (Å²) in [7, 11) is 0. The van der Waals surface area contributed by atoms with Gasteiger partial charge in [-0.1, -0.05) is 129 Å². The lowest BCUT2D eigenvalue weighted by Gasteiger charge is -2.08. The molecule has 0 saturated carbocycles. The number of hydrogen-bond acceptors (Lipinski definition) is 8. The summed E-state index contributed by atoms with van der Waals surface area (Å²) in [5, 5.41) is 17.5. The van der Waals surface area contributed by atoms with Gasteiger partial charge in [0.05, 0.1) is 49.2 Å². The molecule has 0 saturated heterocycles. The van der Waals surface area contributed by atoms with Crippen LogP contribution in [-0.4, -0.2) is 26.4 Å². The summed E-state index contributed by atoms with van der Waals surface area (Å²) in [6.45, 7) is 7.15. The summed E-state index contributed by atoms with van der Waals surface area (Å²) in [6, 6.07) is 30.9. The lowest BCUT2D eigenvalue weighted by Crippen LogP contribution is -2.04. The quantitative estimate of drug-likeness (QED) is 0.0347. The third-order valence-corrected chi connectivity index (χ3v) is 10.3. The normalized spacial score (nSPS) is 11.4. The van der Waals surface area contributed by atoms with E-state index >= 15 is 0 Å². The van der Waals surface area contributed by atoms with Crippen LogP contribution in [0, 0.1) is 0 Å². The van der Waals surface area contributed by atoms with Crippen LogP contribution in [0.2, 0.25) is 0 Å². The standard InChI is InChI=1S/C51H72N4O4/c1-3-5-7-9-11-13-15-17-19-21-40-56-48-32-24-44(25-33-48)52-54-46-28-36-50(37-29-46)58-42-23-43-59-51-38-30-47(31-39-51)55-53-45-26-34-49(35-27-45)57-41-22-20-18-16-14-12-10-8-6-4-2/h24-39H,3-23,40-43H2,1-2H3. The van der Waals surface area contributed by atoms with Crippen molar-refractivity contribution in [2.24, 2.45) is 20.5 Å². The molecule has 59 heavy (non-hydrogen) atoms. The average Bonchev–Trinajstić information content (AvgIpc) is 3.27. The Labute approximate surface area is 356 Å². The van der Waals surface area contributed by atoms with E-state index in [2.05, 4.69) is 34.3 Å². The number of azo groups is 2. The zero-order valence-electron chi connectivity index (χ0n) is 36.3. The van der Waals surface area contributed by atoms with Crippen LogP contribution in [0.5, 0.6) is 23.0 Å². The topological polar surface area (TPSA) is 86.4 Å². The second-order valence-electron chi connectivity index (χ2n) is 15.5. The van der Waals surface area contributed by atoms with Gasteiger partial charge in [0, 0.05) is 6.42 Å². The molecule has 0 aromatic heterocycles. The van der Waals surface area contributed by atoms with E-state index in [9.17, 15) is 0 Å². The number of hydrogen-bond donors (Lipinski definition) is 0. The second kappa shape index (κ2) is 31.2. The van der Waals surface area contributed by atoms with Gasteiger partial charge >= 0.3 is 0 Å². The second-order valence-corrected chi connectivity index (χ2v) is 15.5. The molecule has 0 amide bonds. The molecule has 8 nitrogen and oxygen atoms in total. The van der Waals surface area contributed by atoms with E-state index in [1.165, 1.54) is 116 Å². The van der Waals surface area contributed by atoms with Crippen LogP contribution in [0.3, 0.4) is 0 Å². The van der Waals surface area contributed by atoms with Gasteiger partial charge in [-0.15, -0.1) is 0 Å². The van der Waals surface area contributed by atoms with Crippen molar-refractivity contribution in [2.45, 2.75) is 149 Å². The Bertz CT molecular complexity index is 1530. The van der Waals surface area contributed by atoms with Crippen molar-refractivity contribution >= 4 is 22.7 Å². The monoisotopic (exact) mass is 805 g/mol. The molecular formula is C51H72N4O4. The van der Waals surface area contributed by atoms with E-state index in [-0.39, 0.29) is 0 Å². The van der Waals surface area contributed by atoms with Gasteiger partial charge in [-0.25, -0.2) is 0 Å². The average molecular weight is 805 g/mol. The maximum atomic E-state index is 5.93. The van der Waals surface area contributed by atoms with Gasteiger partial charge in [-0.2, -0.15) is 20.5 Å². The fourth-order valence-corrected chi connectivity index (χ4v) is 6.67. The first-order chi connectivity index (χ1) is 29.2. The van der Waals surface area contributed by atoms with Crippen molar-refractivity contribution < 1.29 is 18.9 Å². The zero-order chi connectivity index (χ0) is 41.3. The van der Waals surface area contributed by atoms with Crippen LogP contribution in [0.4, 0.5) is 22.7 Å². The first kappa shape index (κ1) is 47.0. The van der Waals surface area contributed by atoms with Crippen molar-refractivity contribution in [1.82, 2.24) is 0 Å². The molecule has 0 heterocycles. The summed E-state index contributed by atoms with van der Waals surface area (Å²) >= 11 is 0. The smallest absolute Gasteiger partial charge is 0.119 e. The Morgan fingerprint density at radius 1 is 0.254 bits per heavy atom. The number of ether oxygens (including phenoxy) is 4. The molecule has 320 valence electrons. The van der Waals surface area contributed by atoms with Crippen molar-refractivity contribution in [2.75, 3.05) is 26.4 Å². The van der Waals surface area contributed by atoms with Crippen LogP contribution in [-0.2, 0) is 0 Å². The Hall–Kier alpha value is -4.72. The summed E-state index contributed by atoms with van der Waals surface area (Å²) in [5.74, 6) is 3.32. The molecule has 4 aromatic carbocycles. The van der Waals surface area contributed by atoms with Gasteiger partial charge in [-0.05, 0) is 110 Å². The highest BCUT2D eigenvalue weighted by atomic mass is 16.5. The van der Waals surface area contributed by atoms with Crippen LogP contribution >= 0.6 is 0 Å². The Balaban J connectivity index is 1.01. The first-order valence-corrected chi connectivity index (χ1v) is 23.0. The highest BCUT2D eigenvalue weighted by molar-refractivity contribution is 5.45. The van der Waals surface area contributed by atoms with Crippen molar-refractivity contribution in [3.8, 4) is 23.0 Å². The molecule has 0 aliphatic heterocycles. The molecule has 0 radical (unpaired) electrons. The van der Waals surface area contributed by atoms with E-state index in [4.69, 9.17) is 18.9 Å². The Morgan fingerprint density at radius 2 is 0.458 bits per heavy atom. The lowest BCUT2D eigenvalue weighted by molar-refractivity contribution is 0.247. The van der Waals surface area contributed by atoms with E-state index in [0.717, 1.165) is 78.2 Å². The van der Waals surface area contributed by atoms with E-state index < -0.39 is 0 Å². The molecule has 0 bridgehead atoms. The molecule has 0 aliphatic rings.